The van der Waals surface area contributed by atoms with Gasteiger partial charge in [-0.05, 0) is 98.2 Å². The third-order valence-electron chi connectivity index (χ3n) is 14.4. The van der Waals surface area contributed by atoms with Crippen LogP contribution < -0.4 is 54.4 Å². The van der Waals surface area contributed by atoms with E-state index in [1.54, 1.807) is 60.8 Å². The van der Waals surface area contributed by atoms with E-state index < -0.39 is 127 Å². The first-order valence-corrected chi connectivity index (χ1v) is 27.8. The molecular formula is C59H74N12O14. The Hall–Kier alpha value is -9.40. The molecule has 1 fully saturated rings. The molecule has 4 aromatic carbocycles. The highest BCUT2D eigenvalue weighted by Crippen LogP contribution is 2.22. The summed E-state index contributed by atoms with van der Waals surface area (Å²) in [5.74, 6) is -9.24. The zero-order valence-electron chi connectivity index (χ0n) is 46.8. The number of aromatic amines is 1. The molecule has 1 aromatic heterocycles. The fourth-order valence-corrected chi connectivity index (χ4v) is 9.73. The van der Waals surface area contributed by atoms with Crippen LogP contribution in [0.4, 0.5) is 0 Å². The smallest absolute Gasteiger partial charge is 0.326 e. The third-order valence-corrected chi connectivity index (χ3v) is 14.4. The molecule has 0 radical (unpaired) electrons. The Bertz CT molecular complexity index is 3140. The molecule has 2 heterocycles. The Kier molecular flexibility index (Phi) is 23.9. The highest BCUT2D eigenvalue weighted by molar-refractivity contribution is 5.99. The van der Waals surface area contributed by atoms with Crippen molar-refractivity contribution in [3.05, 3.63) is 132 Å². The summed E-state index contributed by atoms with van der Waals surface area (Å²) in [5, 5.41) is 58.7. The monoisotopic (exact) mass is 1170 g/mol. The highest BCUT2D eigenvalue weighted by atomic mass is 16.4. The van der Waals surface area contributed by atoms with Crippen molar-refractivity contribution < 1.29 is 68.4 Å². The Morgan fingerprint density at radius 1 is 0.600 bits per heavy atom. The molecule has 85 heavy (non-hydrogen) atoms. The van der Waals surface area contributed by atoms with Crippen molar-refractivity contribution in [3.8, 4) is 11.5 Å². The molecule has 26 nitrogen and oxygen atoms in total. The molecule has 0 saturated carbocycles. The number of benzene rings is 4. The van der Waals surface area contributed by atoms with Gasteiger partial charge in [-0.3, -0.25) is 43.2 Å². The van der Waals surface area contributed by atoms with Gasteiger partial charge in [0, 0.05) is 49.3 Å². The second-order valence-corrected chi connectivity index (χ2v) is 20.9. The predicted molar refractivity (Wildman–Crippen MR) is 309 cm³/mol. The number of phenolic OH excluding ortho intramolecular Hbond substituents is 2. The third kappa shape index (κ3) is 19.1. The standard InChI is InChI=1S/C59H74N12O14/c1-33(51(76)69-47(28-34-10-3-2-4-11-34)58(83)71-25-9-15-49(71)57(82)70-48(32-72)56(81)65-43(59(84)85)14-7-8-24-60)64-53(78)46(29-37-31-63-42-13-6-5-12-40(37)42)68-55(80)45(27-36-18-22-39(74)23-19-36)67-54(79)44(26-35-16-20-38(73)21-17-35)66-52(77)41(61)30-50(62)75/h2-6,10-13,16-23,31,33,41,43-49,63,72-74H,7-9,14-15,24-30,32,60-61H2,1H3,(H2,62,75)(H,64,78)(H,65,81)(H,66,77)(H,67,79)(H,68,80)(H,69,76)(H,70,82)(H,84,85)/t33-,41-,43-,44-,45-,46-,47-,48-,49-/m0/s1. The van der Waals surface area contributed by atoms with Crippen molar-refractivity contribution in [2.24, 2.45) is 17.2 Å². The van der Waals surface area contributed by atoms with E-state index >= 15 is 0 Å². The number of hydrogen-bond acceptors (Lipinski definition) is 15. The molecule has 0 bridgehead atoms. The van der Waals surface area contributed by atoms with Gasteiger partial charge >= 0.3 is 5.97 Å². The van der Waals surface area contributed by atoms with Crippen LogP contribution in [-0.2, 0) is 73.6 Å². The average molecular weight is 1180 g/mol. The van der Waals surface area contributed by atoms with Crippen molar-refractivity contribution in [2.75, 3.05) is 19.7 Å². The number of unbranched alkanes of at least 4 members (excludes halogenated alkanes) is 1. The van der Waals surface area contributed by atoms with E-state index in [0.717, 1.165) is 0 Å². The van der Waals surface area contributed by atoms with Gasteiger partial charge in [0.05, 0.1) is 19.1 Å². The van der Waals surface area contributed by atoms with Gasteiger partial charge in [0.2, 0.25) is 53.2 Å². The number of aromatic hydroxyl groups is 2. The lowest BCUT2D eigenvalue weighted by atomic mass is 10.00. The van der Waals surface area contributed by atoms with Crippen LogP contribution in [0.15, 0.2) is 109 Å². The van der Waals surface area contributed by atoms with E-state index in [-0.39, 0.29) is 56.6 Å². The summed E-state index contributed by atoms with van der Waals surface area (Å²) >= 11 is 0. The lowest BCUT2D eigenvalue weighted by Gasteiger charge is -2.30. The van der Waals surface area contributed by atoms with Gasteiger partial charge in [-0.25, -0.2) is 4.79 Å². The largest absolute Gasteiger partial charge is 0.508 e. The Morgan fingerprint density at radius 3 is 1.68 bits per heavy atom. The number of primary amides is 1. The van der Waals surface area contributed by atoms with Crippen molar-refractivity contribution in [1.82, 2.24) is 47.1 Å². The SMILES string of the molecule is C[C@H](NC(=O)[C@H](Cc1c[nH]c2ccccc12)NC(=O)[C@H](Cc1ccc(O)cc1)NC(=O)[C@H](Cc1ccc(O)cc1)NC(=O)[C@@H](N)CC(N)=O)C(=O)N[C@@H](Cc1ccccc1)C(=O)N1CCC[C@H]1C(=O)N[C@@H](CO)C(=O)N[C@@H](CCCCN)C(=O)O. The number of aromatic nitrogens is 1. The van der Waals surface area contributed by atoms with Crippen LogP contribution in [0.25, 0.3) is 10.9 Å². The van der Waals surface area contributed by atoms with Crippen LogP contribution >= 0.6 is 0 Å². The van der Waals surface area contributed by atoms with Crippen LogP contribution in [0.3, 0.4) is 0 Å². The number of carboxylic acids is 1. The zero-order chi connectivity index (χ0) is 61.7. The van der Waals surface area contributed by atoms with Crippen LogP contribution in [0, 0.1) is 0 Å². The van der Waals surface area contributed by atoms with Crippen LogP contribution in [0.2, 0.25) is 0 Å². The number of nitrogens with one attached hydrogen (secondary N) is 8. The number of rotatable bonds is 31. The fraction of sp³-hybridized carbons (Fsp3) is 0.390. The van der Waals surface area contributed by atoms with Crippen LogP contribution in [0.1, 0.15) is 67.7 Å². The summed E-state index contributed by atoms with van der Waals surface area (Å²) < 4.78 is 0. The number of phenols is 2. The lowest BCUT2D eigenvalue weighted by Crippen LogP contribution is -2.61. The number of H-pyrrole nitrogens is 1. The molecule has 1 aliphatic rings. The van der Waals surface area contributed by atoms with Gasteiger partial charge in [-0.1, -0.05) is 72.8 Å². The fourth-order valence-electron chi connectivity index (χ4n) is 9.73. The summed E-state index contributed by atoms with van der Waals surface area (Å²) in [4.78, 5) is 141. The molecule has 26 heteroatoms. The minimum absolute atomic E-state index is 0.0505. The number of aliphatic hydroxyl groups excluding tert-OH is 1. The Morgan fingerprint density at radius 2 is 1.11 bits per heavy atom. The second kappa shape index (κ2) is 31.3. The lowest BCUT2D eigenvalue weighted by molar-refractivity contribution is -0.144. The summed E-state index contributed by atoms with van der Waals surface area (Å²) in [7, 11) is 0. The minimum Gasteiger partial charge on any atom is -0.508 e. The molecule has 454 valence electrons. The van der Waals surface area contributed by atoms with E-state index in [0.29, 0.717) is 59.0 Å². The Labute approximate surface area is 489 Å². The summed E-state index contributed by atoms with van der Waals surface area (Å²) in [5.41, 5.74) is 19.6. The summed E-state index contributed by atoms with van der Waals surface area (Å²) in [6, 6.07) is 14.6. The van der Waals surface area contributed by atoms with Crippen LogP contribution in [0.5, 0.6) is 11.5 Å². The molecule has 1 aliphatic heterocycles. The zero-order valence-corrected chi connectivity index (χ0v) is 46.8. The number of fused-ring (bicyclic) bond motifs is 1. The average Bonchev–Trinajstić information content (AvgIpc) is 3.80. The van der Waals surface area contributed by atoms with Crippen molar-refractivity contribution in [1.29, 1.82) is 0 Å². The molecule has 0 unspecified atom stereocenters. The second-order valence-electron chi connectivity index (χ2n) is 20.9. The quantitative estimate of drug-likeness (QED) is 0.0229. The maximum absolute atomic E-state index is 14.8. The normalized spacial score (nSPS) is 15.8. The summed E-state index contributed by atoms with van der Waals surface area (Å²) in [6.07, 6.45) is 1.86. The van der Waals surface area contributed by atoms with Crippen LogP contribution in [-0.4, -0.2) is 164 Å². The first-order chi connectivity index (χ1) is 40.6. The number of nitrogens with zero attached hydrogens (tertiary/aromatic N) is 1. The number of nitrogens with two attached hydrogens (primary N) is 3. The number of carbonyl (C=O) groups excluding carboxylic acids is 9. The number of hydrogen-bond donors (Lipinski definition) is 15. The van der Waals surface area contributed by atoms with Gasteiger partial charge < -0.3 is 84.7 Å². The molecule has 9 amide bonds. The minimum atomic E-state index is -1.57. The van der Waals surface area contributed by atoms with E-state index in [9.17, 15) is 68.4 Å². The Balaban J connectivity index is 1.24. The summed E-state index contributed by atoms with van der Waals surface area (Å²) in [6.45, 7) is 0.830. The molecule has 18 N–H and O–H groups in total. The first kappa shape index (κ1) is 64.8. The van der Waals surface area contributed by atoms with E-state index in [2.05, 4.69) is 42.2 Å². The molecule has 0 spiro atoms. The molecule has 5 aromatic rings. The number of aliphatic hydroxyl groups is 1. The van der Waals surface area contributed by atoms with E-state index in [1.165, 1.54) is 60.4 Å². The van der Waals surface area contributed by atoms with E-state index in [4.69, 9.17) is 17.2 Å². The number of carboxylic acid groups (broad SMARTS) is 1. The molecule has 9 atom stereocenters. The molecule has 6 rings (SSSR count). The topological polar surface area (TPSA) is 433 Å². The maximum Gasteiger partial charge on any atom is 0.326 e. The first-order valence-electron chi connectivity index (χ1n) is 27.8. The van der Waals surface area contributed by atoms with Gasteiger partial charge in [-0.15, -0.1) is 0 Å². The van der Waals surface area contributed by atoms with Crippen molar-refractivity contribution in [3.63, 3.8) is 0 Å². The van der Waals surface area contributed by atoms with E-state index in [1.807, 2.05) is 0 Å². The number of para-hydroxylation sites is 1. The number of carbonyl (C=O) groups is 10. The highest BCUT2D eigenvalue weighted by Gasteiger charge is 2.40. The van der Waals surface area contributed by atoms with Gasteiger partial charge in [0.15, 0.2) is 0 Å². The van der Waals surface area contributed by atoms with Gasteiger partial charge in [0.25, 0.3) is 0 Å². The number of likely N-dealkylation sites (tertiary alicyclic amines) is 1. The van der Waals surface area contributed by atoms with Gasteiger partial charge in [-0.2, -0.15) is 0 Å². The van der Waals surface area contributed by atoms with Gasteiger partial charge in [0.1, 0.15) is 59.8 Å². The molecule has 0 aliphatic carbocycles. The van der Waals surface area contributed by atoms with Crippen molar-refractivity contribution in [2.45, 2.75) is 126 Å². The number of amides is 9. The maximum atomic E-state index is 14.8. The molecule has 1 saturated heterocycles. The molecular weight excluding hydrogens is 1100 g/mol. The number of aliphatic carboxylic acids is 1. The predicted octanol–water partition coefficient (Wildman–Crippen LogP) is -1.34. The van der Waals surface area contributed by atoms with Crippen molar-refractivity contribution >= 4 is 70.0 Å².